The van der Waals surface area contributed by atoms with Crippen LogP contribution in [0.5, 0.6) is 0 Å². The Morgan fingerprint density at radius 2 is 1.85 bits per heavy atom. The van der Waals surface area contributed by atoms with Crippen LogP contribution in [0.15, 0.2) is 48.5 Å². The van der Waals surface area contributed by atoms with Crippen LogP contribution in [0.2, 0.25) is 5.02 Å². The number of hydrogen-bond acceptors (Lipinski definition) is 2. The van der Waals surface area contributed by atoms with Gasteiger partial charge in [0.1, 0.15) is 0 Å². The van der Waals surface area contributed by atoms with Crippen molar-refractivity contribution < 1.29 is 0 Å². The van der Waals surface area contributed by atoms with E-state index in [-0.39, 0.29) is 5.41 Å². The molecule has 0 heterocycles. The number of halogens is 1. The number of nitriles is 1. The summed E-state index contributed by atoms with van der Waals surface area (Å²) in [5, 5.41) is 12.8. The monoisotopic (exact) mass is 284 g/mol. The van der Waals surface area contributed by atoms with Gasteiger partial charge in [0.25, 0.3) is 0 Å². The molecule has 102 valence electrons. The maximum absolute atomic E-state index is 8.83. The first kappa shape index (κ1) is 14.4. The van der Waals surface area contributed by atoms with Crippen molar-refractivity contribution in [2.75, 3.05) is 11.9 Å². The molecule has 0 aromatic heterocycles. The van der Waals surface area contributed by atoms with Crippen LogP contribution in [0.3, 0.4) is 0 Å². The standard InChI is InChI=1S/C17H17ClN2/c1-17(2,14-6-4-3-5-7-14)12-20-16-9-8-13(11-19)10-15(16)18/h3-10,20H,12H2,1-2H3. The fraction of sp³-hybridized carbons (Fsp3) is 0.235. The second kappa shape index (κ2) is 5.98. The van der Waals surface area contributed by atoms with Crippen molar-refractivity contribution in [2.45, 2.75) is 19.3 Å². The number of rotatable bonds is 4. The van der Waals surface area contributed by atoms with Crippen LogP contribution in [-0.4, -0.2) is 6.54 Å². The number of nitrogens with one attached hydrogen (secondary N) is 1. The van der Waals surface area contributed by atoms with Gasteiger partial charge in [-0.15, -0.1) is 0 Å². The van der Waals surface area contributed by atoms with Gasteiger partial charge in [0.05, 0.1) is 22.3 Å². The van der Waals surface area contributed by atoms with Crippen LogP contribution in [0.4, 0.5) is 5.69 Å². The third-order valence-corrected chi connectivity index (χ3v) is 3.69. The van der Waals surface area contributed by atoms with E-state index in [2.05, 4.69) is 37.4 Å². The highest BCUT2D eigenvalue weighted by atomic mass is 35.5. The molecule has 2 aromatic carbocycles. The van der Waals surface area contributed by atoms with E-state index in [4.69, 9.17) is 16.9 Å². The van der Waals surface area contributed by atoms with Gasteiger partial charge in [0.15, 0.2) is 0 Å². The Kier molecular flexibility index (Phi) is 4.32. The first-order valence-electron chi connectivity index (χ1n) is 6.52. The highest BCUT2D eigenvalue weighted by molar-refractivity contribution is 6.33. The van der Waals surface area contributed by atoms with Crippen LogP contribution in [0.1, 0.15) is 25.0 Å². The normalized spacial score (nSPS) is 10.9. The molecule has 3 heteroatoms. The summed E-state index contributed by atoms with van der Waals surface area (Å²) in [6.45, 7) is 5.14. The fourth-order valence-electron chi connectivity index (χ4n) is 2.04. The third kappa shape index (κ3) is 3.31. The van der Waals surface area contributed by atoms with Gasteiger partial charge in [-0.25, -0.2) is 0 Å². The molecule has 0 saturated heterocycles. The van der Waals surface area contributed by atoms with Crippen LogP contribution in [-0.2, 0) is 5.41 Å². The van der Waals surface area contributed by atoms with Gasteiger partial charge in [-0.2, -0.15) is 5.26 Å². The Balaban J connectivity index is 2.11. The summed E-state index contributed by atoms with van der Waals surface area (Å²) in [4.78, 5) is 0. The molecule has 2 aromatic rings. The van der Waals surface area contributed by atoms with E-state index >= 15 is 0 Å². The molecule has 0 atom stereocenters. The molecule has 0 bridgehead atoms. The maximum Gasteiger partial charge on any atom is 0.0992 e. The quantitative estimate of drug-likeness (QED) is 0.890. The summed E-state index contributed by atoms with van der Waals surface area (Å²) in [5.41, 5.74) is 2.70. The molecule has 2 nitrogen and oxygen atoms in total. The fourth-order valence-corrected chi connectivity index (χ4v) is 2.28. The smallest absolute Gasteiger partial charge is 0.0992 e. The Morgan fingerprint density at radius 1 is 1.15 bits per heavy atom. The van der Waals surface area contributed by atoms with E-state index in [1.807, 2.05) is 24.3 Å². The van der Waals surface area contributed by atoms with Crippen LogP contribution in [0.25, 0.3) is 0 Å². The van der Waals surface area contributed by atoms with Gasteiger partial charge in [0, 0.05) is 12.0 Å². The number of benzene rings is 2. The first-order chi connectivity index (χ1) is 9.53. The molecule has 0 unspecified atom stereocenters. The average molecular weight is 285 g/mol. The van der Waals surface area contributed by atoms with Gasteiger partial charge < -0.3 is 5.32 Å². The second-order valence-corrected chi connectivity index (χ2v) is 5.82. The number of hydrogen-bond donors (Lipinski definition) is 1. The van der Waals surface area contributed by atoms with E-state index in [1.54, 1.807) is 12.1 Å². The molecule has 0 radical (unpaired) electrons. The van der Waals surface area contributed by atoms with Crippen molar-refractivity contribution in [3.05, 3.63) is 64.7 Å². The molecule has 20 heavy (non-hydrogen) atoms. The molecule has 0 spiro atoms. The average Bonchev–Trinajstić information content (AvgIpc) is 2.47. The zero-order valence-electron chi connectivity index (χ0n) is 11.7. The van der Waals surface area contributed by atoms with Crippen molar-refractivity contribution >= 4 is 17.3 Å². The Bertz CT molecular complexity index is 627. The summed E-state index contributed by atoms with van der Waals surface area (Å²) in [6.07, 6.45) is 0. The predicted molar refractivity (Wildman–Crippen MR) is 84.1 cm³/mol. The number of nitrogens with zero attached hydrogens (tertiary/aromatic N) is 1. The van der Waals surface area contributed by atoms with Crippen molar-refractivity contribution in [2.24, 2.45) is 0 Å². The molecule has 0 amide bonds. The second-order valence-electron chi connectivity index (χ2n) is 5.41. The maximum atomic E-state index is 8.83. The molecule has 0 aliphatic carbocycles. The molecule has 0 fully saturated rings. The van der Waals surface area contributed by atoms with Crippen molar-refractivity contribution in [1.29, 1.82) is 5.26 Å². The molecular weight excluding hydrogens is 268 g/mol. The lowest BCUT2D eigenvalue weighted by Crippen LogP contribution is -2.27. The van der Waals surface area contributed by atoms with E-state index in [0.717, 1.165) is 12.2 Å². The molecule has 0 aliphatic rings. The molecule has 0 aliphatic heterocycles. The van der Waals surface area contributed by atoms with E-state index in [9.17, 15) is 0 Å². The predicted octanol–water partition coefficient (Wildman–Crippen LogP) is 4.60. The largest absolute Gasteiger partial charge is 0.383 e. The minimum Gasteiger partial charge on any atom is -0.383 e. The topological polar surface area (TPSA) is 35.8 Å². The minimum atomic E-state index is -0.00150. The van der Waals surface area contributed by atoms with Crippen molar-refractivity contribution in [1.82, 2.24) is 0 Å². The van der Waals surface area contributed by atoms with E-state index in [0.29, 0.717) is 10.6 Å². The Hall–Kier alpha value is -1.98. The summed E-state index contributed by atoms with van der Waals surface area (Å²) in [5.74, 6) is 0. The van der Waals surface area contributed by atoms with Crippen LogP contribution >= 0.6 is 11.6 Å². The molecule has 0 saturated carbocycles. The SMILES string of the molecule is CC(C)(CNc1ccc(C#N)cc1Cl)c1ccccc1. The van der Waals surface area contributed by atoms with Crippen LogP contribution in [0, 0.1) is 11.3 Å². The minimum absolute atomic E-state index is 0.00150. The lowest BCUT2D eigenvalue weighted by Gasteiger charge is -2.26. The Morgan fingerprint density at radius 3 is 2.45 bits per heavy atom. The number of anilines is 1. The van der Waals surface area contributed by atoms with E-state index < -0.39 is 0 Å². The molecular formula is C17H17ClN2. The Labute approximate surface area is 125 Å². The van der Waals surface area contributed by atoms with Gasteiger partial charge in [-0.05, 0) is 23.8 Å². The van der Waals surface area contributed by atoms with Gasteiger partial charge in [-0.3, -0.25) is 0 Å². The third-order valence-electron chi connectivity index (χ3n) is 3.37. The zero-order chi connectivity index (χ0) is 14.6. The molecule has 1 N–H and O–H groups in total. The summed E-state index contributed by atoms with van der Waals surface area (Å²) >= 11 is 6.17. The van der Waals surface area contributed by atoms with Crippen molar-refractivity contribution in [3.8, 4) is 6.07 Å². The van der Waals surface area contributed by atoms with E-state index in [1.165, 1.54) is 5.56 Å². The van der Waals surface area contributed by atoms with Gasteiger partial charge in [-0.1, -0.05) is 55.8 Å². The lowest BCUT2D eigenvalue weighted by molar-refractivity contribution is 0.557. The summed E-state index contributed by atoms with van der Waals surface area (Å²) in [6, 6.07) is 17.7. The summed E-state index contributed by atoms with van der Waals surface area (Å²) in [7, 11) is 0. The highest BCUT2D eigenvalue weighted by Gasteiger charge is 2.20. The van der Waals surface area contributed by atoms with Gasteiger partial charge >= 0.3 is 0 Å². The summed E-state index contributed by atoms with van der Waals surface area (Å²) < 4.78 is 0. The van der Waals surface area contributed by atoms with Gasteiger partial charge in [0.2, 0.25) is 0 Å². The highest BCUT2D eigenvalue weighted by Crippen LogP contribution is 2.27. The van der Waals surface area contributed by atoms with Crippen LogP contribution < -0.4 is 5.32 Å². The van der Waals surface area contributed by atoms with Crippen molar-refractivity contribution in [3.63, 3.8) is 0 Å². The first-order valence-corrected chi connectivity index (χ1v) is 6.90. The molecule has 2 rings (SSSR count). The lowest BCUT2D eigenvalue weighted by atomic mass is 9.84. The zero-order valence-corrected chi connectivity index (χ0v) is 12.4.